The summed E-state index contributed by atoms with van der Waals surface area (Å²) in [6.07, 6.45) is 20.1. The number of aliphatic hydroxyl groups is 2. The molecule has 0 aliphatic rings. The minimum absolute atomic E-state index is 0.111. The summed E-state index contributed by atoms with van der Waals surface area (Å²) in [5, 5.41) is 39.2. The van der Waals surface area contributed by atoms with Gasteiger partial charge in [-0.3, -0.25) is 4.79 Å². The highest BCUT2D eigenvalue weighted by molar-refractivity contribution is 6.30. The zero-order valence-electron chi connectivity index (χ0n) is 18.2. The molecule has 0 saturated heterocycles. The van der Waals surface area contributed by atoms with E-state index in [1.807, 2.05) is 0 Å². The van der Waals surface area contributed by atoms with Gasteiger partial charge in [0.15, 0.2) is 0 Å². The standard InChI is InChI=1S/C21H40O4.BH3O3/c1-2-3-4-5-6-7-8-9-10-11-12-13-14-15-16-17-21(24)25-19-20(23)18-22;2-1(3)4/h9-10,20,22-23H,2-8,11-19H2,1H3;2-4H. The van der Waals surface area contributed by atoms with Crippen LogP contribution in [0.3, 0.4) is 0 Å². The maximum atomic E-state index is 11.4. The maximum Gasteiger partial charge on any atom is 0.631 e. The smallest absolute Gasteiger partial charge is 0.463 e. The normalized spacial score (nSPS) is 11.8. The number of hydrogen-bond donors (Lipinski definition) is 5. The Labute approximate surface area is 177 Å². The van der Waals surface area contributed by atoms with Crippen LogP contribution in [0, 0.1) is 0 Å². The Hall–Kier alpha value is -0.925. The van der Waals surface area contributed by atoms with E-state index in [0.29, 0.717) is 6.42 Å². The summed E-state index contributed by atoms with van der Waals surface area (Å²) in [5.74, 6) is -0.287. The van der Waals surface area contributed by atoms with Gasteiger partial charge in [-0.05, 0) is 32.1 Å². The molecule has 5 N–H and O–H groups in total. The second kappa shape index (κ2) is 25.1. The van der Waals surface area contributed by atoms with Crippen molar-refractivity contribution in [1.29, 1.82) is 0 Å². The highest BCUT2D eigenvalue weighted by atomic mass is 16.5. The van der Waals surface area contributed by atoms with Gasteiger partial charge in [0.2, 0.25) is 0 Å². The average molecular weight is 418 g/mol. The molecule has 0 saturated carbocycles. The first-order valence-corrected chi connectivity index (χ1v) is 11.1. The molecule has 0 aliphatic carbocycles. The molecular weight excluding hydrogens is 375 g/mol. The van der Waals surface area contributed by atoms with Crippen LogP contribution in [0.15, 0.2) is 12.2 Å². The Morgan fingerprint density at radius 3 is 1.79 bits per heavy atom. The summed E-state index contributed by atoms with van der Waals surface area (Å²) < 4.78 is 4.86. The van der Waals surface area contributed by atoms with E-state index >= 15 is 0 Å². The molecule has 8 heteroatoms. The molecule has 0 aromatic heterocycles. The van der Waals surface area contributed by atoms with E-state index < -0.39 is 13.4 Å². The number of aliphatic hydroxyl groups excluding tert-OH is 2. The third-order valence-electron chi connectivity index (χ3n) is 4.29. The quantitative estimate of drug-likeness (QED) is 0.100. The molecule has 0 radical (unpaired) electrons. The van der Waals surface area contributed by atoms with Crippen molar-refractivity contribution in [1.82, 2.24) is 0 Å². The second-order valence-electron chi connectivity index (χ2n) is 7.20. The summed E-state index contributed by atoms with van der Waals surface area (Å²) in [7, 11) is -2.17. The third kappa shape index (κ3) is 32.0. The topological polar surface area (TPSA) is 127 Å². The Bertz CT molecular complexity index is 362. The van der Waals surface area contributed by atoms with E-state index in [1.165, 1.54) is 57.8 Å². The number of esters is 1. The van der Waals surface area contributed by atoms with Crippen LogP contribution in [-0.2, 0) is 9.53 Å². The van der Waals surface area contributed by atoms with Gasteiger partial charge in [-0.25, -0.2) is 0 Å². The predicted molar refractivity (Wildman–Crippen MR) is 116 cm³/mol. The molecule has 0 fully saturated rings. The molecule has 7 nitrogen and oxygen atoms in total. The minimum Gasteiger partial charge on any atom is -0.463 e. The average Bonchev–Trinajstić information content (AvgIpc) is 2.68. The van der Waals surface area contributed by atoms with Crippen molar-refractivity contribution in [2.24, 2.45) is 0 Å². The van der Waals surface area contributed by atoms with Crippen molar-refractivity contribution in [2.45, 2.75) is 103 Å². The summed E-state index contributed by atoms with van der Waals surface area (Å²) in [4.78, 5) is 11.4. The Balaban J connectivity index is 0. The molecule has 0 aliphatic heterocycles. The van der Waals surface area contributed by atoms with Crippen molar-refractivity contribution >= 4 is 13.3 Å². The van der Waals surface area contributed by atoms with Crippen molar-refractivity contribution in [3.63, 3.8) is 0 Å². The van der Waals surface area contributed by atoms with Crippen molar-refractivity contribution < 1.29 is 34.8 Å². The van der Waals surface area contributed by atoms with Crippen LogP contribution in [0.25, 0.3) is 0 Å². The molecule has 1 atom stereocenters. The molecule has 0 rings (SSSR count). The number of hydrogen-bond acceptors (Lipinski definition) is 7. The van der Waals surface area contributed by atoms with Gasteiger partial charge in [-0.2, -0.15) is 0 Å². The summed E-state index contributed by atoms with van der Waals surface area (Å²) >= 11 is 0. The number of allylic oxidation sites excluding steroid dienone is 2. The van der Waals surface area contributed by atoms with Gasteiger partial charge in [-0.1, -0.05) is 70.4 Å². The van der Waals surface area contributed by atoms with Crippen LogP contribution in [0.1, 0.15) is 96.8 Å². The van der Waals surface area contributed by atoms with E-state index in [1.54, 1.807) is 0 Å². The van der Waals surface area contributed by atoms with Crippen LogP contribution in [0.4, 0.5) is 0 Å². The van der Waals surface area contributed by atoms with E-state index in [2.05, 4.69) is 19.1 Å². The monoisotopic (exact) mass is 418 g/mol. The lowest BCUT2D eigenvalue weighted by Crippen LogP contribution is -2.21. The second-order valence-corrected chi connectivity index (χ2v) is 7.20. The Morgan fingerprint density at radius 2 is 1.31 bits per heavy atom. The van der Waals surface area contributed by atoms with Gasteiger partial charge < -0.3 is 30.0 Å². The van der Waals surface area contributed by atoms with Gasteiger partial charge in [0.25, 0.3) is 0 Å². The SMILES string of the molecule is CCCCCCCCC=CCCCCCCCC(=O)OCC(O)CO.OB(O)O. The lowest BCUT2D eigenvalue weighted by atomic mass is 10.1. The predicted octanol–water partition coefficient (Wildman–Crippen LogP) is 2.87. The van der Waals surface area contributed by atoms with Gasteiger partial charge in [0.05, 0.1) is 6.61 Å². The molecule has 1 unspecified atom stereocenters. The number of rotatable bonds is 18. The molecule has 0 aromatic carbocycles. The van der Waals surface area contributed by atoms with Crippen molar-refractivity contribution in [3.8, 4) is 0 Å². The number of carbonyl (C=O) groups is 1. The molecule has 0 spiro atoms. The first-order chi connectivity index (χ1) is 13.9. The minimum atomic E-state index is -2.17. The van der Waals surface area contributed by atoms with Crippen LogP contribution in [0.2, 0.25) is 0 Å². The van der Waals surface area contributed by atoms with Crippen molar-refractivity contribution in [2.75, 3.05) is 13.2 Å². The maximum absolute atomic E-state index is 11.4. The van der Waals surface area contributed by atoms with Crippen LogP contribution < -0.4 is 0 Å². The van der Waals surface area contributed by atoms with Crippen LogP contribution in [-0.4, -0.2) is 57.9 Å². The summed E-state index contributed by atoms with van der Waals surface area (Å²) in [6.45, 7) is 1.77. The fourth-order valence-electron chi connectivity index (χ4n) is 2.65. The Kier molecular flexibility index (Phi) is 26.2. The van der Waals surface area contributed by atoms with Crippen LogP contribution >= 0.6 is 0 Å². The first-order valence-electron chi connectivity index (χ1n) is 11.1. The first kappa shape index (κ1) is 30.3. The molecule has 0 bridgehead atoms. The van der Waals surface area contributed by atoms with Gasteiger partial charge in [0, 0.05) is 6.42 Å². The molecule has 172 valence electrons. The highest BCUT2D eigenvalue weighted by Gasteiger charge is 2.07. The van der Waals surface area contributed by atoms with Crippen molar-refractivity contribution in [3.05, 3.63) is 12.2 Å². The van der Waals surface area contributed by atoms with Gasteiger partial charge >= 0.3 is 13.3 Å². The fourth-order valence-corrected chi connectivity index (χ4v) is 2.65. The van der Waals surface area contributed by atoms with E-state index in [4.69, 9.17) is 30.0 Å². The highest BCUT2D eigenvalue weighted by Crippen LogP contribution is 2.10. The Morgan fingerprint density at radius 1 is 0.862 bits per heavy atom. The number of ether oxygens (including phenoxy) is 1. The molecule has 0 aromatic rings. The summed E-state index contributed by atoms with van der Waals surface area (Å²) in [5.41, 5.74) is 0. The van der Waals surface area contributed by atoms with E-state index in [-0.39, 0.29) is 19.2 Å². The zero-order chi connectivity index (χ0) is 22.2. The zero-order valence-corrected chi connectivity index (χ0v) is 18.2. The summed E-state index contributed by atoms with van der Waals surface area (Å²) in [6, 6.07) is 0. The fraction of sp³-hybridized carbons (Fsp3) is 0.857. The molecule has 0 amide bonds. The number of carbonyl (C=O) groups excluding carboxylic acids is 1. The molecular formula is C21H43BO7. The molecule has 29 heavy (non-hydrogen) atoms. The van der Waals surface area contributed by atoms with Crippen LogP contribution in [0.5, 0.6) is 0 Å². The third-order valence-corrected chi connectivity index (χ3v) is 4.29. The lowest BCUT2D eigenvalue weighted by molar-refractivity contribution is -0.147. The van der Waals surface area contributed by atoms with Gasteiger partial charge in [-0.15, -0.1) is 0 Å². The van der Waals surface area contributed by atoms with Gasteiger partial charge in [0.1, 0.15) is 12.7 Å². The molecule has 0 heterocycles. The van der Waals surface area contributed by atoms with E-state index in [9.17, 15) is 4.79 Å². The largest absolute Gasteiger partial charge is 0.631 e. The van der Waals surface area contributed by atoms with E-state index in [0.717, 1.165) is 25.7 Å². The lowest BCUT2D eigenvalue weighted by Gasteiger charge is -2.08. The number of unbranched alkanes of at least 4 members (excludes halogenated alkanes) is 11.